The fourth-order valence-corrected chi connectivity index (χ4v) is 1.91. The molecule has 0 aliphatic carbocycles. The fourth-order valence-electron chi connectivity index (χ4n) is 1.19. The minimum Gasteiger partial charge on any atom is -0.463 e. The number of phosphoric ester groups is 1. The molecule has 0 aliphatic heterocycles. The van der Waals surface area contributed by atoms with E-state index in [-0.39, 0.29) is 32.8 Å². The van der Waals surface area contributed by atoms with Gasteiger partial charge in [-0.3, -0.25) is 13.8 Å². The molecule has 21 heavy (non-hydrogen) atoms. The first-order valence-electron chi connectivity index (χ1n) is 6.79. The monoisotopic (exact) mass is 321 g/mol. The topological polar surface area (TPSA) is 108 Å². The van der Waals surface area contributed by atoms with Crippen molar-refractivity contribution >= 4 is 13.8 Å². The molecule has 0 fully saturated rings. The van der Waals surface area contributed by atoms with Crippen molar-refractivity contribution in [2.24, 2.45) is 5.73 Å². The van der Waals surface area contributed by atoms with Crippen molar-refractivity contribution in [2.45, 2.75) is 26.2 Å². The minimum atomic E-state index is -4.10. The first-order chi connectivity index (χ1) is 10.0. The number of allylic oxidation sites excluding steroid dienone is 3. The highest BCUT2D eigenvalue weighted by Crippen LogP contribution is 2.42. The van der Waals surface area contributed by atoms with Gasteiger partial charge in [0.25, 0.3) is 0 Å². The summed E-state index contributed by atoms with van der Waals surface area (Å²) in [6, 6.07) is 0. The third-order valence-electron chi connectivity index (χ3n) is 2.10. The molecule has 0 aromatic heterocycles. The average molecular weight is 321 g/mol. The van der Waals surface area contributed by atoms with E-state index in [4.69, 9.17) is 15.4 Å². The SMILES string of the molecule is CC/C=C/CC=CCC(=O)OCCOP(=O)(O)OCCN. The maximum Gasteiger partial charge on any atom is 0.472 e. The van der Waals surface area contributed by atoms with Crippen molar-refractivity contribution in [3.63, 3.8) is 0 Å². The van der Waals surface area contributed by atoms with Gasteiger partial charge in [-0.2, -0.15) is 0 Å². The number of carbonyl (C=O) groups is 1. The lowest BCUT2D eigenvalue weighted by molar-refractivity contribution is -0.143. The van der Waals surface area contributed by atoms with Crippen LogP contribution in [0.1, 0.15) is 26.2 Å². The van der Waals surface area contributed by atoms with E-state index in [1.54, 1.807) is 6.08 Å². The molecule has 0 saturated carbocycles. The Balaban J connectivity index is 3.66. The quantitative estimate of drug-likeness (QED) is 0.245. The predicted molar refractivity (Wildman–Crippen MR) is 79.5 cm³/mol. The van der Waals surface area contributed by atoms with Crippen LogP contribution in [0.5, 0.6) is 0 Å². The summed E-state index contributed by atoms with van der Waals surface area (Å²) in [5, 5.41) is 0. The van der Waals surface area contributed by atoms with Crippen LogP contribution in [0.15, 0.2) is 24.3 Å². The van der Waals surface area contributed by atoms with Gasteiger partial charge in [-0.15, -0.1) is 0 Å². The Kier molecular flexibility index (Phi) is 12.1. The number of esters is 1. The summed E-state index contributed by atoms with van der Waals surface area (Å²) in [6.45, 7) is 1.76. The molecule has 1 atom stereocenters. The summed E-state index contributed by atoms with van der Waals surface area (Å²) in [6.07, 6.45) is 9.54. The number of nitrogens with two attached hydrogens (primary N) is 1. The van der Waals surface area contributed by atoms with Gasteiger partial charge >= 0.3 is 13.8 Å². The Bertz CT molecular complexity index is 383. The highest BCUT2D eigenvalue weighted by Gasteiger charge is 2.20. The molecule has 3 N–H and O–H groups in total. The maximum atomic E-state index is 11.3. The zero-order valence-corrected chi connectivity index (χ0v) is 13.2. The smallest absolute Gasteiger partial charge is 0.463 e. The molecule has 0 rings (SSSR count). The van der Waals surface area contributed by atoms with Crippen LogP contribution < -0.4 is 5.73 Å². The summed E-state index contributed by atoms with van der Waals surface area (Å²) >= 11 is 0. The van der Waals surface area contributed by atoms with E-state index >= 15 is 0 Å². The number of carbonyl (C=O) groups excluding carboxylic acids is 1. The summed E-state index contributed by atoms with van der Waals surface area (Å²) in [5.41, 5.74) is 5.12. The van der Waals surface area contributed by atoms with Crippen molar-refractivity contribution in [3.05, 3.63) is 24.3 Å². The molecular formula is C13H24NO6P. The Labute approximate surface area is 125 Å². The van der Waals surface area contributed by atoms with Gasteiger partial charge < -0.3 is 15.4 Å². The van der Waals surface area contributed by atoms with Gasteiger partial charge in [0, 0.05) is 6.54 Å². The number of ether oxygens (including phenoxy) is 1. The van der Waals surface area contributed by atoms with Crippen LogP contribution in [0.2, 0.25) is 0 Å². The Morgan fingerprint density at radius 1 is 1.14 bits per heavy atom. The molecule has 0 bridgehead atoms. The van der Waals surface area contributed by atoms with Gasteiger partial charge in [0.05, 0.1) is 19.6 Å². The molecule has 8 heteroatoms. The molecule has 0 aliphatic rings. The molecule has 7 nitrogen and oxygen atoms in total. The molecule has 0 amide bonds. The lowest BCUT2D eigenvalue weighted by Crippen LogP contribution is -2.11. The number of phosphoric acid groups is 1. The molecule has 0 spiro atoms. The van der Waals surface area contributed by atoms with Crippen molar-refractivity contribution in [3.8, 4) is 0 Å². The third kappa shape index (κ3) is 13.7. The van der Waals surface area contributed by atoms with Gasteiger partial charge in [0.15, 0.2) is 0 Å². The van der Waals surface area contributed by atoms with Gasteiger partial charge in [0.1, 0.15) is 6.61 Å². The molecule has 0 aromatic carbocycles. The molecule has 122 valence electrons. The first-order valence-corrected chi connectivity index (χ1v) is 8.29. The second-order valence-corrected chi connectivity index (χ2v) is 5.39. The predicted octanol–water partition coefficient (Wildman–Crippen LogP) is 1.92. The highest BCUT2D eigenvalue weighted by atomic mass is 31.2. The standard InChI is InChI=1S/C13H24NO6P/c1-2-3-4-5-6-7-8-13(15)18-11-12-20-21(16,17)19-10-9-14/h3-4,6-7H,2,5,8-12,14H2,1H3,(H,16,17)/b4-3+,7-6?. The molecule has 0 heterocycles. The lowest BCUT2D eigenvalue weighted by atomic mass is 10.3. The summed E-state index contributed by atoms with van der Waals surface area (Å²) in [5.74, 6) is -0.426. The summed E-state index contributed by atoms with van der Waals surface area (Å²) in [4.78, 5) is 20.5. The van der Waals surface area contributed by atoms with E-state index in [1.807, 2.05) is 25.2 Å². The van der Waals surface area contributed by atoms with Gasteiger partial charge in [-0.1, -0.05) is 31.2 Å². The van der Waals surface area contributed by atoms with E-state index < -0.39 is 13.8 Å². The van der Waals surface area contributed by atoms with Crippen molar-refractivity contribution < 1.29 is 28.0 Å². The molecule has 1 unspecified atom stereocenters. The maximum absolute atomic E-state index is 11.3. The van der Waals surface area contributed by atoms with Crippen LogP contribution >= 0.6 is 7.82 Å². The van der Waals surface area contributed by atoms with Crippen LogP contribution in [0.25, 0.3) is 0 Å². The van der Waals surface area contributed by atoms with Gasteiger partial charge in [-0.05, 0) is 12.8 Å². The van der Waals surface area contributed by atoms with Gasteiger partial charge in [0.2, 0.25) is 0 Å². The first kappa shape index (κ1) is 20.0. The van der Waals surface area contributed by atoms with E-state index in [0.717, 1.165) is 12.8 Å². The van der Waals surface area contributed by atoms with Gasteiger partial charge in [-0.25, -0.2) is 4.57 Å². The normalized spacial score (nSPS) is 14.6. The van der Waals surface area contributed by atoms with Crippen molar-refractivity contribution in [1.82, 2.24) is 0 Å². The highest BCUT2D eigenvalue weighted by molar-refractivity contribution is 7.47. The third-order valence-corrected chi connectivity index (χ3v) is 3.12. The Hall–Kier alpha value is -0.980. The van der Waals surface area contributed by atoms with E-state index in [0.29, 0.717) is 0 Å². The van der Waals surface area contributed by atoms with E-state index in [1.165, 1.54) is 0 Å². The largest absolute Gasteiger partial charge is 0.472 e. The van der Waals surface area contributed by atoms with Crippen molar-refractivity contribution in [2.75, 3.05) is 26.4 Å². The number of hydrogen-bond acceptors (Lipinski definition) is 6. The van der Waals surface area contributed by atoms with Crippen LogP contribution in [0, 0.1) is 0 Å². The number of hydrogen-bond donors (Lipinski definition) is 2. The molecule has 0 saturated heterocycles. The zero-order chi connectivity index (χ0) is 16.0. The lowest BCUT2D eigenvalue weighted by Gasteiger charge is -2.11. The molecule has 0 radical (unpaired) electrons. The molecular weight excluding hydrogens is 297 g/mol. The second kappa shape index (κ2) is 12.7. The summed E-state index contributed by atoms with van der Waals surface area (Å²) in [7, 11) is -4.10. The minimum absolute atomic E-state index is 0.0785. The van der Waals surface area contributed by atoms with Crippen molar-refractivity contribution in [1.29, 1.82) is 0 Å². The molecule has 0 aromatic rings. The van der Waals surface area contributed by atoms with E-state index in [9.17, 15) is 9.36 Å². The Morgan fingerprint density at radius 3 is 2.48 bits per heavy atom. The van der Waals surface area contributed by atoms with Crippen LogP contribution in [0.4, 0.5) is 0 Å². The Morgan fingerprint density at radius 2 is 1.81 bits per heavy atom. The number of rotatable bonds is 12. The second-order valence-electron chi connectivity index (χ2n) is 3.94. The zero-order valence-electron chi connectivity index (χ0n) is 12.3. The average Bonchev–Trinajstić information content (AvgIpc) is 2.45. The fraction of sp³-hybridized carbons (Fsp3) is 0.615. The van der Waals surface area contributed by atoms with Crippen LogP contribution in [-0.2, 0) is 23.1 Å². The van der Waals surface area contributed by atoms with Crippen LogP contribution in [0.3, 0.4) is 0 Å². The van der Waals surface area contributed by atoms with Crippen LogP contribution in [-0.4, -0.2) is 37.2 Å². The van der Waals surface area contributed by atoms with E-state index in [2.05, 4.69) is 9.05 Å². The summed E-state index contributed by atoms with van der Waals surface area (Å²) < 4.78 is 25.1.